The first-order chi connectivity index (χ1) is 8.25. The second-order valence-electron chi connectivity index (χ2n) is 3.52. The molecule has 1 amide bonds. The standard InChI is InChI=1S/C13H11FN2O/c14-11-6-4-10(5-7-11)9-16-13(17)12-3-1-2-8-15-12/h1-8H,9H2,(H,16,17). The van der Waals surface area contributed by atoms with Crippen molar-refractivity contribution >= 4 is 5.91 Å². The van der Waals surface area contributed by atoms with E-state index in [0.717, 1.165) is 5.56 Å². The Balaban J connectivity index is 1.95. The van der Waals surface area contributed by atoms with Crippen molar-refractivity contribution in [1.29, 1.82) is 0 Å². The Morgan fingerprint density at radius 3 is 2.59 bits per heavy atom. The molecule has 0 aliphatic rings. The number of hydrogen-bond donors (Lipinski definition) is 1. The van der Waals surface area contributed by atoms with E-state index in [0.29, 0.717) is 12.2 Å². The minimum absolute atomic E-state index is 0.241. The van der Waals surface area contributed by atoms with Crippen molar-refractivity contribution in [1.82, 2.24) is 10.3 Å². The van der Waals surface area contributed by atoms with Crippen LogP contribution in [0, 0.1) is 5.82 Å². The average Bonchev–Trinajstić information content (AvgIpc) is 2.39. The lowest BCUT2D eigenvalue weighted by Crippen LogP contribution is -2.23. The first-order valence-electron chi connectivity index (χ1n) is 5.19. The zero-order chi connectivity index (χ0) is 12.1. The van der Waals surface area contributed by atoms with Crippen LogP contribution in [0.1, 0.15) is 16.1 Å². The van der Waals surface area contributed by atoms with Gasteiger partial charge in [-0.3, -0.25) is 9.78 Å². The van der Waals surface area contributed by atoms with E-state index in [1.54, 1.807) is 36.5 Å². The smallest absolute Gasteiger partial charge is 0.270 e. The van der Waals surface area contributed by atoms with Gasteiger partial charge in [-0.1, -0.05) is 18.2 Å². The van der Waals surface area contributed by atoms with Crippen molar-refractivity contribution in [2.75, 3.05) is 0 Å². The Kier molecular flexibility index (Phi) is 3.45. The highest BCUT2D eigenvalue weighted by molar-refractivity contribution is 5.92. The van der Waals surface area contributed by atoms with Gasteiger partial charge in [0, 0.05) is 12.7 Å². The third-order valence-electron chi connectivity index (χ3n) is 2.26. The molecule has 0 aliphatic heterocycles. The van der Waals surface area contributed by atoms with Crippen molar-refractivity contribution in [3.8, 4) is 0 Å². The lowest BCUT2D eigenvalue weighted by molar-refractivity contribution is 0.0946. The highest BCUT2D eigenvalue weighted by atomic mass is 19.1. The molecule has 0 radical (unpaired) electrons. The van der Waals surface area contributed by atoms with E-state index in [-0.39, 0.29) is 11.7 Å². The molecule has 1 aromatic heterocycles. The Bertz CT molecular complexity index is 497. The van der Waals surface area contributed by atoms with Gasteiger partial charge in [0.25, 0.3) is 5.91 Å². The molecular formula is C13H11FN2O. The van der Waals surface area contributed by atoms with Crippen molar-refractivity contribution in [3.63, 3.8) is 0 Å². The second kappa shape index (κ2) is 5.21. The molecule has 0 bridgehead atoms. The number of benzene rings is 1. The number of nitrogens with zero attached hydrogens (tertiary/aromatic N) is 1. The fraction of sp³-hybridized carbons (Fsp3) is 0.0769. The first-order valence-corrected chi connectivity index (χ1v) is 5.19. The molecular weight excluding hydrogens is 219 g/mol. The maximum Gasteiger partial charge on any atom is 0.270 e. The summed E-state index contributed by atoms with van der Waals surface area (Å²) < 4.78 is 12.7. The number of carbonyl (C=O) groups is 1. The molecule has 1 heterocycles. The van der Waals surface area contributed by atoms with Crippen molar-refractivity contribution in [2.45, 2.75) is 6.54 Å². The quantitative estimate of drug-likeness (QED) is 0.877. The summed E-state index contributed by atoms with van der Waals surface area (Å²) in [5, 5.41) is 2.71. The maximum absolute atomic E-state index is 12.7. The van der Waals surface area contributed by atoms with Crippen LogP contribution in [0.25, 0.3) is 0 Å². The van der Waals surface area contributed by atoms with Gasteiger partial charge in [0.2, 0.25) is 0 Å². The monoisotopic (exact) mass is 230 g/mol. The molecule has 0 spiro atoms. The number of rotatable bonds is 3. The van der Waals surface area contributed by atoms with Crippen LogP contribution in [0.5, 0.6) is 0 Å². The van der Waals surface area contributed by atoms with Gasteiger partial charge in [-0.05, 0) is 29.8 Å². The van der Waals surface area contributed by atoms with Gasteiger partial charge in [-0.2, -0.15) is 0 Å². The summed E-state index contributed by atoms with van der Waals surface area (Å²) in [6.07, 6.45) is 1.56. The van der Waals surface area contributed by atoms with Crippen LogP contribution in [0.4, 0.5) is 4.39 Å². The lowest BCUT2D eigenvalue weighted by Gasteiger charge is -2.04. The Hall–Kier alpha value is -2.23. The van der Waals surface area contributed by atoms with Gasteiger partial charge >= 0.3 is 0 Å². The largest absolute Gasteiger partial charge is 0.347 e. The van der Waals surface area contributed by atoms with Gasteiger partial charge in [0.05, 0.1) is 0 Å². The molecule has 17 heavy (non-hydrogen) atoms. The second-order valence-corrected chi connectivity index (χ2v) is 3.52. The summed E-state index contributed by atoms with van der Waals surface area (Å²) in [7, 11) is 0. The molecule has 3 nitrogen and oxygen atoms in total. The minimum Gasteiger partial charge on any atom is -0.347 e. The van der Waals surface area contributed by atoms with E-state index in [2.05, 4.69) is 10.3 Å². The molecule has 0 atom stereocenters. The van der Waals surface area contributed by atoms with E-state index in [4.69, 9.17) is 0 Å². The molecule has 0 saturated heterocycles. The van der Waals surface area contributed by atoms with Crippen LogP contribution < -0.4 is 5.32 Å². The van der Waals surface area contributed by atoms with Crippen LogP contribution >= 0.6 is 0 Å². The van der Waals surface area contributed by atoms with Gasteiger partial charge in [0.1, 0.15) is 11.5 Å². The summed E-state index contributed by atoms with van der Waals surface area (Å²) >= 11 is 0. The average molecular weight is 230 g/mol. The Labute approximate surface area is 98.3 Å². The minimum atomic E-state index is -0.287. The molecule has 0 fully saturated rings. The van der Waals surface area contributed by atoms with E-state index in [1.807, 2.05) is 0 Å². The number of pyridine rings is 1. The van der Waals surface area contributed by atoms with Crippen molar-refractivity contribution in [2.24, 2.45) is 0 Å². The predicted octanol–water partition coefficient (Wildman–Crippen LogP) is 2.15. The maximum atomic E-state index is 12.7. The highest BCUT2D eigenvalue weighted by Crippen LogP contribution is 2.02. The number of carbonyl (C=O) groups excluding carboxylic acids is 1. The summed E-state index contributed by atoms with van der Waals surface area (Å²) in [6, 6.07) is 11.1. The van der Waals surface area contributed by atoms with Gasteiger partial charge in [0.15, 0.2) is 0 Å². The fourth-order valence-corrected chi connectivity index (χ4v) is 1.37. The third kappa shape index (κ3) is 3.11. The summed E-state index contributed by atoms with van der Waals surface area (Å²) in [4.78, 5) is 15.6. The fourth-order valence-electron chi connectivity index (χ4n) is 1.37. The van der Waals surface area contributed by atoms with Crippen LogP contribution in [-0.4, -0.2) is 10.9 Å². The van der Waals surface area contributed by atoms with E-state index >= 15 is 0 Å². The molecule has 0 unspecified atom stereocenters. The van der Waals surface area contributed by atoms with Crippen LogP contribution in [0.2, 0.25) is 0 Å². The molecule has 2 aromatic rings. The van der Waals surface area contributed by atoms with E-state index in [1.165, 1.54) is 12.1 Å². The third-order valence-corrected chi connectivity index (χ3v) is 2.26. The summed E-state index contributed by atoms with van der Waals surface area (Å²) in [5.41, 5.74) is 1.21. The number of halogens is 1. The van der Waals surface area contributed by atoms with Crippen molar-refractivity contribution < 1.29 is 9.18 Å². The molecule has 86 valence electrons. The van der Waals surface area contributed by atoms with E-state index in [9.17, 15) is 9.18 Å². The van der Waals surface area contributed by atoms with Crippen LogP contribution in [0.3, 0.4) is 0 Å². The number of nitrogens with one attached hydrogen (secondary N) is 1. The van der Waals surface area contributed by atoms with E-state index < -0.39 is 0 Å². The Morgan fingerprint density at radius 2 is 1.94 bits per heavy atom. The topological polar surface area (TPSA) is 42.0 Å². The highest BCUT2D eigenvalue weighted by Gasteiger charge is 2.05. The van der Waals surface area contributed by atoms with Crippen LogP contribution in [-0.2, 0) is 6.54 Å². The van der Waals surface area contributed by atoms with Crippen molar-refractivity contribution in [3.05, 3.63) is 65.7 Å². The molecule has 1 N–H and O–H groups in total. The Morgan fingerprint density at radius 1 is 1.18 bits per heavy atom. The normalized spacial score (nSPS) is 9.94. The molecule has 0 saturated carbocycles. The van der Waals surface area contributed by atoms with Gasteiger partial charge in [-0.25, -0.2) is 4.39 Å². The summed E-state index contributed by atoms with van der Waals surface area (Å²) in [5.74, 6) is -0.528. The number of amides is 1. The zero-order valence-corrected chi connectivity index (χ0v) is 9.06. The summed E-state index contributed by atoms with van der Waals surface area (Å²) in [6.45, 7) is 0.357. The lowest BCUT2D eigenvalue weighted by atomic mass is 10.2. The molecule has 0 aliphatic carbocycles. The zero-order valence-electron chi connectivity index (χ0n) is 9.06. The van der Waals surface area contributed by atoms with Gasteiger partial charge in [-0.15, -0.1) is 0 Å². The number of aromatic nitrogens is 1. The molecule has 4 heteroatoms. The SMILES string of the molecule is O=C(NCc1ccc(F)cc1)c1ccccn1. The molecule has 2 rings (SSSR count). The predicted molar refractivity (Wildman–Crippen MR) is 61.8 cm³/mol. The molecule has 1 aromatic carbocycles. The van der Waals surface area contributed by atoms with Crippen LogP contribution in [0.15, 0.2) is 48.7 Å². The van der Waals surface area contributed by atoms with Gasteiger partial charge < -0.3 is 5.32 Å². The number of hydrogen-bond acceptors (Lipinski definition) is 2. The first kappa shape index (κ1) is 11.3.